The lowest BCUT2D eigenvalue weighted by Gasteiger charge is -2.22. The predicted molar refractivity (Wildman–Crippen MR) is 124 cm³/mol. The minimum atomic E-state index is 0.117. The van der Waals surface area contributed by atoms with Gasteiger partial charge in [-0.2, -0.15) is 0 Å². The smallest absolute Gasteiger partial charge is 0.237 e. The average molecular weight is 434 g/mol. The van der Waals surface area contributed by atoms with Crippen LogP contribution in [0.5, 0.6) is 0 Å². The van der Waals surface area contributed by atoms with Gasteiger partial charge in [-0.3, -0.25) is 14.3 Å². The summed E-state index contributed by atoms with van der Waals surface area (Å²) in [5, 5.41) is 9.76. The Morgan fingerprint density at radius 1 is 1.03 bits per heavy atom. The third-order valence-corrected chi connectivity index (χ3v) is 6.99. The molecule has 1 unspecified atom stereocenters. The molecule has 3 heterocycles. The number of carbonyl (C=O) groups excluding carboxylic acids is 1. The number of anilines is 1. The van der Waals surface area contributed by atoms with Gasteiger partial charge in [0, 0.05) is 17.4 Å². The molecule has 0 spiro atoms. The van der Waals surface area contributed by atoms with E-state index in [4.69, 9.17) is 0 Å². The third-order valence-electron chi connectivity index (χ3n) is 6.08. The molecule has 0 bridgehead atoms. The SMILES string of the molecule is CC1Cc2ccccc2N1C(=O)CSc1nnc(CN2CCCC2)n1-c1ccccc1. The summed E-state index contributed by atoms with van der Waals surface area (Å²) in [5.41, 5.74) is 3.32. The highest BCUT2D eigenvalue weighted by Crippen LogP contribution is 2.33. The first-order valence-electron chi connectivity index (χ1n) is 11.0. The van der Waals surface area contributed by atoms with Gasteiger partial charge in [0.25, 0.3) is 0 Å². The number of likely N-dealkylation sites (tertiary alicyclic amines) is 1. The normalized spacial score (nSPS) is 18.5. The van der Waals surface area contributed by atoms with Crippen molar-refractivity contribution in [3.63, 3.8) is 0 Å². The molecule has 0 radical (unpaired) electrons. The minimum Gasteiger partial charge on any atom is -0.308 e. The summed E-state index contributed by atoms with van der Waals surface area (Å²) >= 11 is 1.47. The fourth-order valence-electron chi connectivity index (χ4n) is 4.61. The van der Waals surface area contributed by atoms with Crippen LogP contribution in [0.15, 0.2) is 59.8 Å². The highest BCUT2D eigenvalue weighted by atomic mass is 32.2. The van der Waals surface area contributed by atoms with E-state index in [1.807, 2.05) is 41.3 Å². The van der Waals surface area contributed by atoms with Gasteiger partial charge in [0.1, 0.15) is 0 Å². The van der Waals surface area contributed by atoms with Gasteiger partial charge < -0.3 is 4.90 Å². The topological polar surface area (TPSA) is 54.3 Å². The van der Waals surface area contributed by atoms with Crippen LogP contribution < -0.4 is 4.90 Å². The van der Waals surface area contributed by atoms with E-state index < -0.39 is 0 Å². The van der Waals surface area contributed by atoms with Crippen molar-refractivity contribution in [2.75, 3.05) is 23.7 Å². The summed E-state index contributed by atoms with van der Waals surface area (Å²) in [5.74, 6) is 1.39. The maximum atomic E-state index is 13.2. The van der Waals surface area contributed by atoms with Crippen LogP contribution in [0.25, 0.3) is 5.69 Å². The zero-order valence-corrected chi connectivity index (χ0v) is 18.6. The molecule has 7 heteroatoms. The van der Waals surface area contributed by atoms with Crippen molar-refractivity contribution < 1.29 is 4.79 Å². The van der Waals surface area contributed by atoms with Crippen molar-refractivity contribution in [3.8, 4) is 5.69 Å². The Labute approximate surface area is 187 Å². The van der Waals surface area contributed by atoms with Gasteiger partial charge in [0.2, 0.25) is 5.91 Å². The number of nitrogens with zero attached hydrogens (tertiary/aromatic N) is 5. The molecule has 5 rings (SSSR count). The van der Waals surface area contributed by atoms with Crippen molar-refractivity contribution in [1.29, 1.82) is 0 Å². The molecule has 3 aromatic rings. The standard InChI is InChI=1S/C24H27N5OS/c1-18-15-19-9-5-6-12-21(19)28(18)23(30)17-31-24-26-25-22(16-27-13-7-8-14-27)29(24)20-10-3-2-4-11-20/h2-6,9-12,18H,7-8,13-17H2,1H3. The van der Waals surface area contributed by atoms with Crippen LogP contribution in [0.2, 0.25) is 0 Å². The van der Waals surface area contributed by atoms with Crippen molar-refractivity contribution in [2.24, 2.45) is 0 Å². The number of amides is 1. The molecule has 0 aliphatic carbocycles. The van der Waals surface area contributed by atoms with Gasteiger partial charge in [-0.15, -0.1) is 10.2 Å². The Kier molecular flexibility index (Phi) is 5.78. The minimum absolute atomic E-state index is 0.117. The quantitative estimate of drug-likeness (QED) is 0.551. The Morgan fingerprint density at radius 2 is 1.77 bits per heavy atom. The van der Waals surface area contributed by atoms with Gasteiger partial charge in [-0.1, -0.05) is 48.2 Å². The Hall–Kier alpha value is -2.64. The zero-order valence-electron chi connectivity index (χ0n) is 17.8. The highest BCUT2D eigenvalue weighted by Gasteiger charge is 2.31. The molecule has 2 aliphatic rings. The van der Waals surface area contributed by atoms with Crippen LogP contribution in [0, 0.1) is 0 Å². The van der Waals surface area contributed by atoms with E-state index in [1.54, 1.807) is 0 Å². The van der Waals surface area contributed by atoms with E-state index in [1.165, 1.54) is 30.2 Å². The van der Waals surface area contributed by atoms with Gasteiger partial charge in [0.15, 0.2) is 11.0 Å². The fourth-order valence-corrected chi connectivity index (χ4v) is 5.44. The molecule has 1 aromatic heterocycles. The van der Waals surface area contributed by atoms with E-state index in [0.29, 0.717) is 5.75 Å². The summed E-state index contributed by atoms with van der Waals surface area (Å²) in [4.78, 5) is 17.5. The Balaban J connectivity index is 1.37. The lowest BCUT2D eigenvalue weighted by molar-refractivity contribution is -0.116. The third kappa shape index (κ3) is 4.12. The van der Waals surface area contributed by atoms with Crippen LogP contribution >= 0.6 is 11.8 Å². The largest absolute Gasteiger partial charge is 0.308 e. The van der Waals surface area contributed by atoms with Gasteiger partial charge in [0.05, 0.1) is 12.3 Å². The summed E-state index contributed by atoms with van der Waals surface area (Å²) in [6, 6.07) is 18.6. The van der Waals surface area contributed by atoms with Gasteiger partial charge in [-0.25, -0.2) is 0 Å². The number of para-hydroxylation sites is 2. The second kappa shape index (κ2) is 8.85. The number of benzene rings is 2. The second-order valence-corrected chi connectivity index (χ2v) is 9.23. The average Bonchev–Trinajstić information content (AvgIpc) is 3.51. The fraction of sp³-hybridized carbons (Fsp3) is 0.375. The van der Waals surface area contributed by atoms with Crippen molar-refractivity contribution in [1.82, 2.24) is 19.7 Å². The lowest BCUT2D eigenvalue weighted by Crippen LogP contribution is -2.37. The lowest BCUT2D eigenvalue weighted by atomic mass is 10.1. The monoisotopic (exact) mass is 433 g/mol. The van der Waals surface area contributed by atoms with Crippen molar-refractivity contribution in [3.05, 3.63) is 66.0 Å². The summed E-state index contributed by atoms with van der Waals surface area (Å²) < 4.78 is 2.11. The molecule has 1 atom stereocenters. The Morgan fingerprint density at radius 3 is 2.58 bits per heavy atom. The molecule has 2 aromatic carbocycles. The number of aromatic nitrogens is 3. The molecule has 0 saturated carbocycles. The summed E-state index contributed by atoms with van der Waals surface area (Å²) in [6.45, 7) is 5.11. The number of fused-ring (bicyclic) bond motifs is 1. The van der Waals surface area contributed by atoms with Gasteiger partial charge in [-0.05, 0) is 63.0 Å². The summed E-state index contributed by atoms with van der Waals surface area (Å²) in [7, 11) is 0. The van der Waals surface area contributed by atoms with Crippen LogP contribution in [0.1, 0.15) is 31.2 Å². The molecule has 1 amide bonds. The summed E-state index contributed by atoms with van der Waals surface area (Å²) in [6.07, 6.45) is 3.39. The molecule has 0 N–H and O–H groups in total. The van der Waals surface area contributed by atoms with Crippen LogP contribution in [0.3, 0.4) is 0 Å². The molecular weight excluding hydrogens is 406 g/mol. The zero-order chi connectivity index (χ0) is 21.2. The second-order valence-electron chi connectivity index (χ2n) is 8.29. The Bertz CT molecular complexity index is 1060. The number of rotatable bonds is 6. The molecule has 2 aliphatic heterocycles. The molecule has 160 valence electrons. The van der Waals surface area contributed by atoms with Crippen LogP contribution in [0.4, 0.5) is 5.69 Å². The first-order chi connectivity index (χ1) is 15.2. The maximum absolute atomic E-state index is 13.2. The van der Waals surface area contributed by atoms with Crippen LogP contribution in [-0.4, -0.2) is 50.5 Å². The molecular formula is C24H27N5OS. The molecule has 1 saturated heterocycles. The van der Waals surface area contributed by atoms with Crippen LogP contribution in [-0.2, 0) is 17.8 Å². The highest BCUT2D eigenvalue weighted by molar-refractivity contribution is 7.99. The number of carbonyl (C=O) groups is 1. The molecule has 1 fully saturated rings. The van der Waals surface area contributed by atoms with E-state index in [9.17, 15) is 4.79 Å². The van der Waals surface area contributed by atoms with E-state index >= 15 is 0 Å². The van der Waals surface area contributed by atoms with E-state index in [2.05, 4.69) is 44.8 Å². The van der Waals surface area contributed by atoms with E-state index in [-0.39, 0.29) is 11.9 Å². The first kappa shape index (κ1) is 20.3. The maximum Gasteiger partial charge on any atom is 0.237 e. The van der Waals surface area contributed by atoms with Crippen molar-refractivity contribution >= 4 is 23.4 Å². The number of hydrogen-bond acceptors (Lipinski definition) is 5. The number of hydrogen-bond donors (Lipinski definition) is 0. The van der Waals surface area contributed by atoms with Crippen molar-refractivity contribution in [2.45, 2.75) is 43.9 Å². The molecule has 6 nitrogen and oxygen atoms in total. The number of thioether (sulfide) groups is 1. The predicted octanol–water partition coefficient (Wildman–Crippen LogP) is 3.93. The molecule has 31 heavy (non-hydrogen) atoms. The first-order valence-corrected chi connectivity index (χ1v) is 11.9. The van der Waals surface area contributed by atoms with E-state index in [0.717, 1.165) is 48.4 Å². The van der Waals surface area contributed by atoms with Gasteiger partial charge >= 0.3 is 0 Å².